The number of nitrogens with two attached hydrogens (primary N) is 1. The number of anilines is 4. The van der Waals surface area contributed by atoms with E-state index in [-0.39, 0.29) is 29.8 Å². The molecule has 0 bridgehead atoms. The second kappa shape index (κ2) is 8.10. The molecule has 0 spiro atoms. The molecule has 30 heavy (non-hydrogen) atoms. The number of amides is 2. The van der Waals surface area contributed by atoms with Gasteiger partial charge in [-0.15, -0.1) is 0 Å². The Balaban J connectivity index is 1.59. The minimum absolute atomic E-state index is 0.0407. The topological polar surface area (TPSA) is 130 Å². The first kappa shape index (κ1) is 19.8. The molecule has 4 rings (SSSR count). The number of ketones is 1. The van der Waals surface area contributed by atoms with Crippen LogP contribution < -0.4 is 21.3 Å². The van der Waals surface area contributed by atoms with Gasteiger partial charge in [-0.25, -0.2) is 0 Å². The van der Waals surface area contributed by atoms with E-state index in [1.165, 1.54) is 13.3 Å². The van der Waals surface area contributed by atoms with Crippen LogP contribution in [0.15, 0.2) is 24.3 Å². The lowest BCUT2D eigenvalue weighted by atomic mass is 9.91. The van der Waals surface area contributed by atoms with E-state index in [1.807, 2.05) is 4.90 Å². The van der Waals surface area contributed by atoms with E-state index in [9.17, 15) is 14.4 Å². The number of carbonyl (C=O) groups excluding carboxylic acids is 3. The molecule has 2 aromatic rings. The highest BCUT2D eigenvalue weighted by molar-refractivity contribution is 6.05. The molecule has 1 aromatic carbocycles. The quantitative estimate of drug-likeness (QED) is 0.662. The van der Waals surface area contributed by atoms with Gasteiger partial charge in [0.05, 0.1) is 11.5 Å². The van der Waals surface area contributed by atoms with Gasteiger partial charge in [0.15, 0.2) is 5.78 Å². The maximum atomic E-state index is 13.0. The number of Topliss-reactive ketones (excluding diaryl/α,β-unsaturated/α-hetero) is 1. The molecule has 3 heterocycles. The van der Waals surface area contributed by atoms with Crippen molar-refractivity contribution in [1.29, 1.82) is 0 Å². The van der Waals surface area contributed by atoms with Crippen molar-refractivity contribution in [2.45, 2.75) is 38.5 Å². The zero-order valence-electron chi connectivity index (χ0n) is 16.8. The summed E-state index contributed by atoms with van der Waals surface area (Å²) < 4.78 is 0. The zero-order valence-corrected chi connectivity index (χ0v) is 16.8. The normalized spacial score (nSPS) is 18.4. The third-order valence-electron chi connectivity index (χ3n) is 5.47. The molecule has 0 saturated carbocycles. The van der Waals surface area contributed by atoms with Gasteiger partial charge in [-0.1, -0.05) is 0 Å². The number of aromatic nitrogens is 2. The molecule has 1 fully saturated rings. The molecule has 0 radical (unpaired) electrons. The summed E-state index contributed by atoms with van der Waals surface area (Å²) in [4.78, 5) is 47.6. The molecule has 1 atom stereocenters. The van der Waals surface area contributed by atoms with Gasteiger partial charge in [-0.05, 0) is 50.5 Å². The monoisotopic (exact) mass is 408 g/mol. The van der Waals surface area contributed by atoms with Crippen molar-refractivity contribution in [1.82, 2.24) is 9.97 Å². The molecule has 2 aliphatic rings. The first-order chi connectivity index (χ1) is 14.4. The molecule has 2 aliphatic heterocycles. The Morgan fingerprint density at radius 2 is 1.83 bits per heavy atom. The molecule has 1 unspecified atom stereocenters. The molecular formula is C21H24N6O3. The number of hydrogen-bond acceptors (Lipinski definition) is 7. The second-order valence-electron chi connectivity index (χ2n) is 7.65. The SMILES string of the molecule is CC(=O)c1ccc(NC(=O)C2CC(=O)Nc3nc(N4CCCCC4)nc(N)c32)cc1. The number of benzene rings is 1. The smallest absolute Gasteiger partial charge is 0.232 e. The highest BCUT2D eigenvalue weighted by Gasteiger charge is 2.35. The Kier molecular flexibility index (Phi) is 5.35. The van der Waals surface area contributed by atoms with Crippen LogP contribution in [0.5, 0.6) is 0 Å². The van der Waals surface area contributed by atoms with Crippen molar-refractivity contribution >= 4 is 40.9 Å². The minimum atomic E-state index is -0.795. The number of nitrogens with one attached hydrogen (secondary N) is 2. The lowest BCUT2D eigenvalue weighted by Gasteiger charge is -2.30. The van der Waals surface area contributed by atoms with Gasteiger partial charge in [0.1, 0.15) is 11.6 Å². The van der Waals surface area contributed by atoms with Crippen LogP contribution in [-0.4, -0.2) is 40.7 Å². The number of rotatable bonds is 4. The summed E-state index contributed by atoms with van der Waals surface area (Å²) in [6.07, 6.45) is 3.24. The number of nitrogen functional groups attached to an aromatic ring is 1. The summed E-state index contributed by atoms with van der Waals surface area (Å²) in [6, 6.07) is 6.58. The summed E-state index contributed by atoms with van der Waals surface area (Å²) >= 11 is 0. The van der Waals surface area contributed by atoms with E-state index >= 15 is 0 Å². The van der Waals surface area contributed by atoms with Crippen LogP contribution in [0.3, 0.4) is 0 Å². The van der Waals surface area contributed by atoms with E-state index < -0.39 is 5.92 Å². The van der Waals surface area contributed by atoms with Crippen LogP contribution in [0.1, 0.15) is 54.4 Å². The maximum absolute atomic E-state index is 13.0. The number of piperidine rings is 1. The van der Waals surface area contributed by atoms with Gasteiger partial charge in [-0.3, -0.25) is 14.4 Å². The largest absolute Gasteiger partial charge is 0.383 e. The number of hydrogen-bond donors (Lipinski definition) is 3. The van der Waals surface area contributed by atoms with Crippen LogP contribution >= 0.6 is 0 Å². The summed E-state index contributed by atoms with van der Waals surface area (Å²) in [5.41, 5.74) is 7.74. The van der Waals surface area contributed by atoms with Crippen molar-refractivity contribution in [2.75, 3.05) is 34.4 Å². The minimum Gasteiger partial charge on any atom is -0.383 e. The van der Waals surface area contributed by atoms with Crippen molar-refractivity contribution in [3.8, 4) is 0 Å². The van der Waals surface area contributed by atoms with Crippen LogP contribution in [0.2, 0.25) is 0 Å². The average molecular weight is 408 g/mol. The number of carbonyl (C=O) groups is 3. The molecule has 9 nitrogen and oxygen atoms in total. The van der Waals surface area contributed by atoms with Crippen molar-refractivity contribution in [3.05, 3.63) is 35.4 Å². The van der Waals surface area contributed by atoms with Crippen LogP contribution in [0, 0.1) is 0 Å². The van der Waals surface area contributed by atoms with Crippen molar-refractivity contribution in [3.63, 3.8) is 0 Å². The lowest BCUT2D eigenvalue weighted by Crippen LogP contribution is -2.35. The van der Waals surface area contributed by atoms with Gasteiger partial charge in [0.25, 0.3) is 0 Å². The predicted octanol–water partition coefficient (Wildman–Crippen LogP) is 2.32. The molecule has 2 amide bonds. The Morgan fingerprint density at radius 1 is 1.13 bits per heavy atom. The summed E-state index contributed by atoms with van der Waals surface area (Å²) in [5.74, 6) is -0.539. The molecule has 1 aromatic heterocycles. The lowest BCUT2D eigenvalue weighted by molar-refractivity contribution is -0.123. The second-order valence-corrected chi connectivity index (χ2v) is 7.65. The Bertz CT molecular complexity index is 999. The van der Waals surface area contributed by atoms with Crippen molar-refractivity contribution in [2.24, 2.45) is 0 Å². The fourth-order valence-corrected chi connectivity index (χ4v) is 3.86. The average Bonchev–Trinajstić information content (AvgIpc) is 2.73. The predicted molar refractivity (Wildman–Crippen MR) is 114 cm³/mol. The van der Waals surface area contributed by atoms with E-state index in [4.69, 9.17) is 5.73 Å². The Morgan fingerprint density at radius 3 is 2.50 bits per heavy atom. The molecule has 9 heteroatoms. The standard InChI is InChI=1S/C21H24N6O3/c1-12(28)13-5-7-14(8-6-13)23-20(30)15-11-16(29)24-19-17(15)18(22)25-21(26-19)27-9-3-2-4-10-27/h5-8,15H,2-4,9-11H2,1H3,(H,23,30)(H3,22,24,25,26,29). The Hall–Kier alpha value is -3.49. The van der Waals surface area contributed by atoms with Crippen LogP contribution in [0.4, 0.5) is 23.3 Å². The summed E-state index contributed by atoms with van der Waals surface area (Å²) in [7, 11) is 0. The van der Waals surface area contributed by atoms with Gasteiger partial charge >= 0.3 is 0 Å². The highest BCUT2D eigenvalue weighted by Crippen LogP contribution is 2.36. The zero-order chi connectivity index (χ0) is 21.3. The van der Waals surface area contributed by atoms with E-state index in [1.54, 1.807) is 24.3 Å². The van der Waals surface area contributed by atoms with E-state index in [2.05, 4.69) is 20.6 Å². The molecule has 1 saturated heterocycles. The highest BCUT2D eigenvalue weighted by atomic mass is 16.2. The molecule has 156 valence electrons. The molecule has 4 N–H and O–H groups in total. The maximum Gasteiger partial charge on any atom is 0.232 e. The third-order valence-corrected chi connectivity index (χ3v) is 5.47. The first-order valence-electron chi connectivity index (χ1n) is 10.1. The molecule has 0 aliphatic carbocycles. The summed E-state index contributed by atoms with van der Waals surface area (Å²) in [6.45, 7) is 3.16. The van der Waals surface area contributed by atoms with Gasteiger partial charge < -0.3 is 21.3 Å². The first-order valence-corrected chi connectivity index (χ1v) is 10.1. The third kappa shape index (κ3) is 3.96. The number of fused-ring (bicyclic) bond motifs is 1. The number of nitrogens with zero attached hydrogens (tertiary/aromatic N) is 3. The fraction of sp³-hybridized carbons (Fsp3) is 0.381. The van der Waals surface area contributed by atoms with Gasteiger partial charge in [0.2, 0.25) is 17.8 Å². The fourth-order valence-electron chi connectivity index (χ4n) is 3.86. The van der Waals surface area contributed by atoms with Crippen molar-refractivity contribution < 1.29 is 14.4 Å². The summed E-state index contributed by atoms with van der Waals surface area (Å²) in [5, 5.41) is 5.53. The van der Waals surface area contributed by atoms with E-state index in [0.29, 0.717) is 28.6 Å². The Labute approximate surface area is 174 Å². The van der Waals surface area contributed by atoms with Gasteiger partial charge in [0, 0.05) is 30.8 Å². The van der Waals surface area contributed by atoms with Gasteiger partial charge in [-0.2, -0.15) is 9.97 Å². The molecular weight excluding hydrogens is 384 g/mol. The van der Waals surface area contributed by atoms with E-state index in [0.717, 1.165) is 25.9 Å². The van der Waals surface area contributed by atoms with Crippen LogP contribution in [-0.2, 0) is 9.59 Å². The van der Waals surface area contributed by atoms with Crippen LogP contribution in [0.25, 0.3) is 0 Å².